The van der Waals surface area contributed by atoms with E-state index in [0.29, 0.717) is 42.6 Å². The number of alkyl halides is 2. The first kappa shape index (κ1) is 19.9. The lowest BCUT2D eigenvalue weighted by Crippen LogP contribution is -2.23. The Morgan fingerprint density at radius 3 is 2.53 bits per heavy atom. The van der Waals surface area contributed by atoms with Gasteiger partial charge >= 0.3 is 0 Å². The molecule has 7 heteroatoms. The van der Waals surface area contributed by atoms with E-state index in [9.17, 15) is 18.4 Å². The van der Waals surface area contributed by atoms with Crippen LogP contribution in [0.1, 0.15) is 64.3 Å². The second-order valence-corrected chi connectivity index (χ2v) is 9.27. The number of hydrogen-bond acceptors (Lipinski definition) is 4. The van der Waals surface area contributed by atoms with E-state index in [1.54, 1.807) is 13.1 Å². The van der Waals surface area contributed by atoms with Crippen LogP contribution in [0, 0.1) is 23.7 Å². The standard InChI is InChI=1S/C23H27F2NO4/c1-26-22(28)16-7-13(20(27)8-14-17-9-23(24,25)10-18(14)17)6-15-19(11-30-21(15)16)12-2-4-29-5-3-12/h6-7,12,14,17-19H,2-5,8-11H2,1H3,(H,26,28)/t14?,17-,18+,19?. The highest BCUT2D eigenvalue weighted by molar-refractivity contribution is 6.03. The third-order valence-corrected chi connectivity index (χ3v) is 7.55. The number of ketones is 1. The number of fused-ring (bicyclic) bond motifs is 2. The maximum Gasteiger partial charge on any atom is 0.254 e. The second-order valence-electron chi connectivity index (χ2n) is 9.27. The molecule has 0 bridgehead atoms. The number of ether oxygens (including phenoxy) is 2. The SMILES string of the molecule is CNC(=O)c1cc(C(=O)CC2[C@H]3CC(F)(F)C[C@@H]23)cc2c1OCC2C1CCOCC1. The minimum atomic E-state index is -2.57. The van der Waals surface area contributed by atoms with Crippen molar-refractivity contribution < 1.29 is 27.8 Å². The van der Waals surface area contributed by atoms with E-state index in [0.717, 1.165) is 18.4 Å². The number of benzene rings is 1. The average Bonchev–Trinajstić information content (AvgIpc) is 3.09. The van der Waals surface area contributed by atoms with E-state index in [4.69, 9.17) is 9.47 Å². The van der Waals surface area contributed by atoms with Gasteiger partial charge in [0.1, 0.15) is 5.75 Å². The number of carbonyl (C=O) groups excluding carboxylic acids is 2. The van der Waals surface area contributed by atoms with Crippen LogP contribution in [-0.2, 0) is 4.74 Å². The van der Waals surface area contributed by atoms with Crippen LogP contribution < -0.4 is 10.1 Å². The number of Topliss-reactive ketones (excluding diaryl/α,β-unsaturated/α-hetero) is 1. The van der Waals surface area contributed by atoms with Crippen LogP contribution in [0.4, 0.5) is 8.78 Å². The minimum Gasteiger partial charge on any atom is -0.492 e. The monoisotopic (exact) mass is 419 g/mol. The Morgan fingerprint density at radius 1 is 1.17 bits per heavy atom. The molecule has 5 rings (SSSR count). The summed E-state index contributed by atoms with van der Waals surface area (Å²) in [4.78, 5) is 25.5. The lowest BCUT2D eigenvalue weighted by molar-refractivity contribution is -0.00848. The van der Waals surface area contributed by atoms with Crippen molar-refractivity contribution in [1.82, 2.24) is 5.32 Å². The van der Waals surface area contributed by atoms with Gasteiger partial charge in [0.15, 0.2) is 5.78 Å². The molecule has 1 aromatic rings. The Kier molecular flexibility index (Phi) is 4.84. The molecule has 2 heterocycles. The summed E-state index contributed by atoms with van der Waals surface area (Å²) in [6.45, 7) is 1.93. The summed E-state index contributed by atoms with van der Waals surface area (Å²) in [5.74, 6) is -1.82. The summed E-state index contributed by atoms with van der Waals surface area (Å²) in [6, 6.07) is 3.49. The van der Waals surface area contributed by atoms with Crippen LogP contribution in [-0.4, -0.2) is 44.5 Å². The first-order valence-electron chi connectivity index (χ1n) is 10.9. The highest BCUT2D eigenvalue weighted by atomic mass is 19.3. The van der Waals surface area contributed by atoms with Gasteiger partial charge in [0.05, 0.1) is 12.2 Å². The summed E-state index contributed by atoms with van der Waals surface area (Å²) in [5, 5.41) is 2.63. The molecule has 2 unspecified atom stereocenters. The quantitative estimate of drug-likeness (QED) is 0.737. The molecule has 0 radical (unpaired) electrons. The van der Waals surface area contributed by atoms with Crippen molar-refractivity contribution in [2.24, 2.45) is 23.7 Å². The number of hydrogen-bond donors (Lipinski definition) is 1. The number of halogens is 2. The molecule has 0 spiro atoms. The van der Waals surface area contributed by atoms with E-state index in [2.05, 4.69) is 5.32 Å². The molecule has 4 aliphatic rings. The second kappa shape index (κ2) is 7.29. The Balaban J connectivity index is 1.40. The Morgan fingerprint density at radius 2 is 1.87 bits per heavy atom. The highest BCUT2D eigenvalue weighted by Crippen LogP contribution is 2.64. The Labute approximate surface area is 174 Å². The van der Waals surface area contributed by atoms with Crippen molar-refractivity contribution >= 4 is 11.7 Å². The molecule has 2 aliphatic heterocycles. The molecule has 30 heavy (non-hydrogen) atoms. The molecule has 0 aromatic heterocycles. The number of rotatable bonds is 5. The smallest absolute Gasteiger partial charge is 0.254 e. The van der Waals surface area contributed by atoms with Gasteiger partial charge in [-0.05, 0) is 48.6 Å². The molecule has 162 valence electrons. The van der Waals surface area contributed by atoms with Gasteiger partial charge in [-0.1, -0.05) is 0 Å². The van der Waals surface area contributed by atoms with Crippen molar-refractivity contribution in [2.45, 2.75) is 43.9 Å². The van der Waals surface area contributed by atoms with Crippen LogP contribution in [0.15, 0.2) is 12.1 Å². The molecule has 2 aliphatic carbocycles. The summed E-state index contributed by atoms with van der Waals surface area (Å²) in [7, 11) is 1.56. The zero-order valence-electron chi connectivity index (χ0n) is 17.1. The highest BCUT2D eigenvalue weighted by Gasteiger charge is 2.62. The first-order chi connectivity index (χ1) is 14.4. The van der Waals surface area contributed by atoms with E-state index in [-0.39, 0.29) is 54.6 Å². The fourth-order valence-corrected chi connectivity index (χ4v) is 5.86. The maximum atomic E-state index is 13.5. The van der Waals surface area contributed by atoms with Crippen LogP contribution in [0.2, 0.25) is 0 Å². The van der Waals surface area contributed by atoms with Gasteiger partial charge in [0.25, 0.3) is 5.91 Å². The molecule has 3 fully saturated rings. The lowest BCUT2D eigenvalue weighted by Gasteiger charge is -2.27. The molecule has 2 saturated carbocycles. The maximum absolute atomic E-state index is 13.5. The van der Waals surface area contributed by atoms with Gasteiger partial charge in [0.2, 0.25) is 5.92 Å². The average molecular weight is 419 g/mol. The Hall–Kier alpha value is -2.02. The van der Waals surface area contributed by atoms with Crippen LogP contribution in [0.5, 0.6) is 5.75 Å². The molecule has 5 nitrogen and oxygen atoms in total. The lowest BCUT2D eigenvalue weighted by atomic mass is 9.81. The van der Waals surface area contributed by atoms with Crippen molar-refractivity contribution in [2.75, 3.05) is 26.9 Å². The van der Waals surface area contributed by atoms with Gasteiger partial charge < -0.3 is 14.8 Å². The third kappa shape index (κ3) is 3.41. The van der Waals surface area contributed by atoms with Crippen LogP contribution >= 0.6 is 0 Å². The summed E-state index contributed by atoms with van der Waals surface area (Å²) in [6.07, 6.45) is 1.95. The summed E-state index contributed by atoms with van der Waals surface area (Å²) in [5.41, 5.74) is 1.80. The fraction of sp³-hybridized carbons (Fsp3) is 0.652. The summed E-state index contributed by atoms with van der Waals surface area (Å²) >= 11 is 0. The number of nitrogens with one attached hydrogen (secondary N) is 1. The van der Waals surface area contributed by atoms with Crippen molar-refractivity contribution in [3.63, 3.8) is 0 Å². The van der Waals surface area contributed by atoms with Crippen molar-refractivity contribution in [3.05, 3.63) is 28.8 Å². The minimum absolute atomic E-state index is 0.0323. The molecule has 1 aromatic carbocycles. The molecule has 1 amide bonds. The molecule has 4 atom stereocenters. The van der Waals surface area contributed by atoms with Gasteiger partial charge in [-0.3, -0.25) is 9.59 Å². The van der Waals surface area contributed by atoms with Crippen LogP contribution in [0.25, 0.3) is 0 Å². The molecule has 1 N–H and O–H groups in total. The topological polar surface area (TPSA) is 64.6 Å². The van der Waals surface area contributed by atoms with Gasteiger partial charge in [0, 0.05) is 56.6 Å². The van der Waals surface area contributed by atoms with Crippen LogP contribution in [0.3, 0.4) is 0 Å². The van der Waals surface area contributed by atoms with Crippen molar-refractivity contribution in [1.29, 1.82) is 0 Å². The largest absolute Gasteiger partial charge is 0.492 e. The summed E-state index contributed by atoms with van der Waals surface area (Å²) < 4.78 is 38.3. The van der Waals surface area contributed by atoms with E-state index >= 15 is 0 Å². The zero-order valence-corrected chi connectivity index (χ0v) is 17.1. The first-order valence-corrected chi connectivity index (χ1v) is 10.9. The normalized spacial score (nSPS) is 31.6. The fourth-order valence-electron chi connectivity index (χ4n) is 5.86. The van der Waals surface area contributed by atoms with Gasteiger partial charge in [-0.25, -0.2) is 8.78 Å². The number of amides is 1. The van der Waals surface area contributed by atoms with E-state index in [1.165, 1.54) is 0 Å². The molecular formula is C23H27F2NO4. The predicted molar refractivity (Wildman–Crippen MR) is 105 cm³/mol. The predicted octanol–water partition coefficient (Wildman–Crippen LogP) is 3.81. The van der Waals surface area contributed by atoms with Gasteiger partial charge in [-0.2, -0.15) is 0 Å². The number of carbonyl (C=O) groups is 2. The zero-order chi connectivity index (χ0) is 21.0. The van der Waals surface area contributed by atoms with E-state index in [1.807, 2.05) is 6.07 Å². The molecule has 1 saturated heterocycles. The Bertz CT molecular complexity index is 866. The van der Waals surface area contributed by atoms with Gasteiger partial charge in [-0.15, -0.1) is 0 Å². The van der Waals surface area contributed by atoms with E-state index < -0.39 is 5.92 Å². The molecular weight excluding hydrogens is 392 g/mol. The van der Waals surface area contributed by atoms with Crippen molar-refractivity contribution in [3.8, 4) is 5.75 Å². The third-order valence-electron chi connectivity index (χ3n) is 7.55.